The van der Waals surface area contributed by atoms with Crippen LogP contribution in [0.4, 0.5) is 5.13 Å². The van der Waals surface area contributed by atoms with Crippen LogP contribution in [0.3, 0.4) is 0 Å². The molecule has 1 aromatic carbocycles. The molecule has 0 unspecified atom stereocenters. The first-order valence-electron chi connectivity index (χ1n) is 6.13. The Labute approximate surface area is 157 Å². The highest BCUT2D eigenvalue weighted by molar-refractivity contribution is 9.19. The minimum absolute atomic E-state index is 0.0162. The summed E-state index contributed by atoms with van der Waals surface area (Å²) in [5.41, 5.74) is 0.864. The molecule has 1 N–H and O–H groups in total. The maximum atomic E-state index is 11.2. The zero-order valence-corrected chi connectivity index (χ0v) is 17.1. The zero-order chi connectivity index (χ0) is 16.5. The summed E-state index contributed by atoms with van der Waals surface area (Å²) in [6.45, 7) is 2.58. The molecule has 1 heterocycles. The van der Waals surface area contributed by atoms with Gasteiger partial charge in [-0.3, -0.25) is 9.59 Å². The number of halogens is 3. The highest BCUT2D eigenvalue weighted by Crippen LogP contribution is 2.29. The highest BCUT2D eigenvalue weighted by Gasteiger charge is 2.07. The van der Waals surface area contributed by atoms with Gasteiger partial charge in [-0.15, -0.1) is 0 Å². The Hall–Kier alpha value is -0.510. The minimum atomic E-state index is -0.103. The number of anilines is 1. The molecule has 0 atom stereocenters. The molecule has 0 saturated carbocycles. The van der Waals surface area contributed by atoms with Crippen LogP contribution in [-0.2, 0) is 9.59 Å². The predicted octanol–water partition coefficient (Wildman–Crippen LogP) is 4.33. The van der Waals surface area contributed by atoms with Crippen molar-refractivity contribution in [2.24, 2.45) is 0 Å². The number of amides is 1. The third kappa shape index (κ3) is 6.72. The van der Waals surface area contributed by atoms with Gasteiger partial charge in [0.15, 0.2) is 5.13 Å². The molecule has 22 heavy (non-hydrogen) atoms. The van der Waals surface area contributed by atoms with Gasteiger partial charge in [-0.05, 0) is 41.1 Å². The molecule has 0 bridgehead atoms. The van der Waals surface area contributed by atoms with Gasteiger partial charge in [-0.1, -0.05) is 43.2 Å². The fourth-order valence-electron chi connectivity index (χ4n) is 1.37. The third-order valence-corrected chi connectivity index (χ3v) is 5.13. The van der Waals surface area contributed by atoms with E-state index in [1.165, 1.54) is 11.3 Å². The molecule has 0 aliphatic rings. The number of hydrogen-bond donors (Lipinski definition) is 1. The largest absolute Gasteiger partial charge is 0.494 e. The summed E-state index contributed by atoms with van der Waals surface area (Å²) in [7, 11) is 0. The second-order valence-electron chi connectivity index (χ2n) is 3.75. The summed E-state index contributed by atoms with van der Waals surface area (Å²) >= 11 is 10.1. The van der Waals surface area contributed by atoms with Gasteiger partial charge >= 0.3 is 0 Å². The Morgan fingerprint density at radius 2 is 2.00 bits per heavy atom. The number of fused-ring (bicyclic) bond motifs is 1. The van der Waals surface area contributed by atoms with Crippen molar-refractivity contribution in [2.75, 3.05) is 22.6 Å². The minimum Gasteiger partial charge on any atom is -0.494 e. The lowest BCUT2D eigenvalue weighted by Gasteiger charge is -2.00. The summed E-state index contributed by atoms with van der Waals surface area (Å²) in [6.07, 6.45) is 0. The Balaban J connectivity index is 0.000000422. The van der Waals surface area contributed by atoms with Crippen molar-refractivity contribution in [1.29, 1.82) is 0 Å². The smallest absolute Gasteiger partial charge is 0.236 e. The zero-order valence-electron chi connectivity index (χ0n) is 11.6. The highest BCUT2D eigenvalue weighted by atomic mass is 79.9. The topological polar surface area (TPSA) is 68.3 Å². The average Bonchev–Trinajstić information content (AvgIpc) is 2.89. The summed E-state index contributed by atoms with van der Waals surface area (Å²) in [5.74, 6) is 0.719. The number of benzene rings is 1. The lowest BCUT2D eigenvalue weighted by molar-refractivity contribution is -0.113. The van der Waals surface area contributed by atoms with E-state index in [9.17, 15) is 9.59 Å². The normalized spacial score (nSPS) is 9.82. The van der Waals surface area contributed by atoms with Gasteiger partial charge in [0, 0.05) is 0 Å². The van der Waals surface area contributed by atoms with Crippen molar-refractivity contribution in [3.63, 3.8) is 0 Å². The Bertz CT molecular complexity index is 648. The van der Waals surface area contributed by atoms with Gasteiger partial charge in [-0.25, -0.2) is 4.98 Å². The van der Waals surface area contributed by atoms with Crippen molar-refractivity contribution in [1.82, 2.24) is 4.98 Å². The standard InChI is InChI=1S/C11H11BrN2O2S.C2H2Br2O/c1-2-16-7-3-4-8-9(5-7)17-11(13-8)14-10(15)6-12;3-1-2(4)5/h3-5H,2,6H2,1H3,(H,13,14,15);1H2. The summed E-state index contributed by atoms with van der Waals surface area (Å²) < 4.78 is 6.39. The van der Waals surface area contributed by atoms with E-state index >= 15 is 0 Å². The molecule has 1 amide bonds. The molecule has 2 aromatic rings. The quantitative estimate of drug-likeness (QED) is 0.474. The van der Waals surface area contributed by atoms with Crippen LogP contribution in [0.25, 0.3) is 10.2 Å². The first-order valence-corrected chi connectivity index (χ1v) is 9.98. The maximum absolute atomic E-state index is 11.2. The molecule has 1 aromatic heterocycles. The second-order valence-corrected chi connectivity index (χ2v) is 6.79. The van der Waals surface area contributed by atoms with Crippen molar-refractivity contribution >= 4 is 85.1 Å². The van der Waals surface area contributed by atoms with Crippen LogP contribution >= 0.6 is 59.1 Å². The van der Waals surface area contributed by atoms with Crippen molar-refractivity contribution in [2.45, 2.75) is 6.92 Å². The van der Waals surface area contributed by atoms with E-state index in [1.807, 2.05) is 25.1 Å². The van der Waals surface area contributed by atoms with E-state index in [1.54, 1.807) is 0 Å². The van der Waals surface area contributed by atoms with Crippen LogP contribution in [0, 0.1) is 0 Å². The number of rotatable bonds is 5. The van der Waals surface area contributed by atoms with E-state index < -0.39 is 0 Å². The Morgan fingerprint density at radius 1 is 1.32 bits per heavy atom. The summed E-state index contributed by atoms with van der Waals surface area (Å²) in [5, 5.41) is 3.99. The third-order valence-electron chi connectivity index (χ3n) is 2.14. The molecule has 0 spiro atoms. The fourth-order valence-corrected chi connectivity index (χ4v) is 2.42. The molecule has 5 nitrogen and oxygen atoms in total. The maximum Gasteiger partial charge on any atom is 0.236 e. The number of hydrogen-bond acceptors (Lipinski definition) is 5. The van der Waals surface area contributed by atoms with E-state index in [-0.39, 0.29) is 15.9 Å². The van der Waals surface area contributed by atoms with Crippen molar-refractivity contribution < 1.29 is 14.3 Å². The number of carbonyl (C=O) groups excluding carboxylic acids is 2. The van der Waals surface area contributed by atoms with Crippen LogP contribution in [0.15, 0.2) is 18.2 Å². The van der Waals surface area contributed by atoms with Crippen LogP contribution in [-0.4, -0.2) is 32.9 Å². The van der Waals surface area contributed by atoms with Gasteiger partial charge in [0.25, 0.3) is 0 Å². The van der Waals surface area contributed by atoms with Gasteiger partial charge in [0.05, 0.1) is 27.5 Å². The lowest BCUT2D eigenvalue weighted by atomic mass is 10.3. The Kier molecular flexibility index (Phi) is 9.15. The van der Waals surface area contributed by atoms with Gasteiger partial charge in [-0.2, -0.15) is 0 Å². The Morgan fingerprint density at radius 3 is 2.55 bits per heavy atom. The number of nitrogens with zero attached hydrogens (tertiary/aromatic N) is 1. The fraction of sp³-hybridized carbons (Fsp3) is 0.308. The number of alkyl halides is 2. The molecular formula is C13H13Br3N2O3S. The number of aromatic nitrogens is 1. The SMILES string of the molecule is CCOc1ccc2nc(NC(=O)CBr)sc2c1.O=C(Br)CBr. The first kappa shape index (κ1) is 19.5. The number of carbonyl (C=O) groups is 2. The van der Waals surface area contributed by atoms with E-state index in [0.717, 1.165) is 16.0 Å². The summed E-state index contributed by atoms with van der Waals surface area (Å²) in [4.78, 5) is 25.2. The van der Waals surface area contributed by atoms with Crippen LogP contribution in [0.2, 0.25) is 0 Å². The average molecular weight is 517 g/mol. The molecule has 0 fully saturated rings. The predicted molar refractivity (Wildman–Crippen MR) is 101 cm³/mol. The molecule has 120 valence electrons. The summed E-state index contributed by atoms with van der Waals surface area (Å²) in [6, 6.07) is 5.70. The van der Waals surface area contributed by atoms with Gasteiger partial charge in [0.2, 0.25) is 10.6 Å². The molecule has 2 rings (SSSR count). The molecule has 0 aliphatic carbocycles. The van der Waals surface area contributed by atoms with E-state index in [2.05, 4.69) is 58.1 Å². The monoisotopic (exact) mass is 514 g/mol. The van der Waals surface area contributed by atoms with Crippen molar-refractivity contribution in [3.8, 4) is 5.75 Å². The second kappa shape index (κ2) is 10.3. The lowest BCUT2D eigenvalue weighted by Crippen LogP contribution is -2.11. The van der Waals surface area contributed by atoms with Crippen LogP contribution in [0.1, 0.15) is 6.92 Å². The van der Waals surface area contributed by atoms with E-state index in [4.69, 9.17) is 4.74 Å². The number of nitrogens with one attached hydrogen (secondary N) is 1. The van der Waals surface area contributed by atoms with Gasteiger partial charge < -0.3 is 10.1 Å². The number of ether oxygens (including phenoxy) is 1. The van der Waals surface area contributed by atoms with Gasteiger partial charge in [0.1, 0.15) is 5.75 Å². The van der Waals surface area contributed by atoms with Crippen molar-refractivity contribution in [3.05, 3.63) is 18.2 Å². The van der Waals surface area contributed by atoms with Crippen LogP contribution < -0.4 is 10.1 Å². The van der Waals surface area contributed by atoms with Crippen LogP contribution in [0.5, 0.6) is 5.75 Å². The first-order chi connectivity index (χ1) is 10.5. The molecule has 0 saturated heterocycles. The molecule has 9 heteroatoms. The molecule has 0 radical (unpaired) electrons. The van der Waals surface area contributed by atoms with E-state index in [0.29, 0.717) is 17.1 Å². The molecular weight excluding hydrogens is 504 g/mol. The number of thiazole rings is 1. The molecule has 0 aliphatic heterocycles.